The van der Waals surface area contributed by atoms with Crippen molar-refractivity contribution in [1.82, 2.24) is 4.90 Å². The first kappa shape index (κ1) is 35.0. The first-order valence-corrected chi connectivity index (χ1v) is 15.2. The highest BCUT2D eigenvalue weighted by atomic mass is 32.3. The lowest BCUT2D eigenvalue weighted by atomic mass is 10.0. The highest BCUT2D eigenvalue weighted by Crippen LogP contribution is 2.13. The lowest BCUT2D eigenvalue weighted by molar-refractivity contribution is 0.192. The number of hydrogen-bond acceptors (Lipinski definition) is 5. The van der Waals surface area contributed by atoms with Crippen molar-refractivity contribution in [3.05, 3.63) is 0 Å². The fourth-order valence-corrected chi connectivity index (χ4v) is 4.03. The van der Waals surface area contributed by atoms with Gasteiger partial charge in [0.15, 0.2) is 0 Å². The Kier molecular flexibility index (Phi) is 29.7. The topological polar surface area (TPSA) is 87.1 Å². The van der Waals surface area contributed by atoms with Crippen molar-refractivity contribution in [2.45, 2.75) is 136 Å². The monoisotopic (exact) mass is 495 g/mol. The lowest BCUT2D eigenvalue weighted by Crippen LogP contribution is -2.28. The van der Waals surface area contributed by atoms with E-state index >= 15 is 0 Å². The Hall–Kier alpha value is -0.210. The fraction of sp³-hybridized carbons (Fsp3) is 1.00. The van der Waals surface area contributed by atoms with Gasteiger partial charge in [-0.25, -0.2) is 4.18 Å². The second-order valence-corrected chi connectivity index (χ2v) is 10.2. The molecule has 33 heavy (non-hydrogen) atoms. The van der Waals surface area contributed by atoms with Crippen LogP contribution in [-0.4, -0.2) is 55.8 Å². The van der Waals surface area contributed by atoms with Crippen LogP contribution >= 0.6 is 0 Å². The molecule has 0 aliphatic rings. The first-order valence-electron chi connectivity index (χ1n) is 13.9. The molecule has 7 heteroatoms. The zero-order valence-electron chi connectivity index (χ0n) is 22.2. The highest BCUT2D eigenvalue weighted by Gasteiger charge is 2.03. The normalized spacial score (nSPS) is 11.6. The molecule has 0 aliphatic heterocycles. The summed E-state index contributed by atoms with van der Waals surface area (Å²) >= 11 is 0. The van der Waals surface area contributed by atoms with Gasteiger partial charge in [-0.05, 0) is 32.4 Å². The van der Waals surface area contributed by atoms with Crippen LogP contribution in [0.4, 0.5) is 0 Å². The molecule has 0 spiro atoms. The Balaban J connectivity index is 0. The lowest BCUT2D eigenvalue weighted by Gasteiger charge is -2.20. The Labute approximate surface area is 206 Å². The molecule has 6 nitrogen and oxygen atoms in total. The minimum absolute atomic E-state index is 0.0941. The van der Waals surface area contributed by atoms with E-state index < -0.39 is 10.4 Å². The van der Waals surface area contributed by atoms with Crippen molar-refractivity contribution < 1.29 is 22.3 Å². The second kappa shape index (κ2) is 28.0. The average molecular weight is 496 g/mol. The summed E-state index contributed by atoms with van der Waals surface area (Å²) in [6.45, 7) is 10.2. The summed E-state index contributed by atoms with van der Waals surface area (Å²) < 4.78 is 33.2. The van der Waals surface area contributed by atoms with Crippen molar-refractivity contribution in [3.8, 4) is 0 Å². The SMILES string of the molecule is CCCCCCCCCCCCCCCCOS(=O)(=O)O.CCCCN(CCO)CCCC. The molecule has 0 unspecified atom stereocenters. The predicted octanol–water partition coefficient (Wildman–Crippen LogP) is 7.17. The highest BCUT2D eigenvalue weighted by molar-refractivity contribution is 7.80. The number of nitrogens with zero attached hydrogens (tertiary/aromatic N) is 1. The number of aliphatic hydroxyl groups is 1. The molecule has 0 saturated heterocycles. The minimum Gasteiger partial charge on any atom is -0.395 e. The number of unbranched alkanes of at least 4 members (excludes halogenated alkanes) is 15. The van der Waals surface area contributed by atoms with Gasteiger partial charge in [-0.1, -0.05) is 117 Å². The van der Waals surface area contributed by atoms with E-state index in [1.165, 1.54) is 96.3 Å². The van der Waals surface area contributed by atoms with Gasteiger partial charge in [0.05, 0.1) is 13.2 Å². The van der Waals surface area contributed by atoms with Crippen molar-refractivity contribution in [1.29, 1.82) is 0 Å². The van der Waals surface area contributed by atoms with Crippen molar-refractivity contribution in [2.24, 2.45) is 0 Å². The molecule has 0 aromatic heterocycles. The van der Waals surface area contributed by atoms with E-state index in [0.29, 0.717) is 13.0 Å². The summed E-state index contributed by atoms with van der Waals surface area (Å²) in [6, 6.07) is 0. The number of hydrogen-bond donors (Lipinski definition) is 2. The van der Waals surface area contributed by atoms with Crippen molar-refractivity contribution >= 4 is 10.4 Å². The van der Waals surface area contributed by atoms with E-state index in [0.717, 1.165) is 32.5 Å². The van der Waals surface area contributed by atoms with Crippen LogP contribution in [0.2, 0.25) is 0 Å². The maximum Gasteiger partial charge on any atom is 0.397 e. The van der Waals surface area contributed by atoms with E-state index in [-0.39, 0.29) is 6.61 Å². The van der Waals surface area contributed by atoms with Crippen LogP contribution in [0.25, 0.3) is 0 Å². The van der Waals surface area contributed by atoms with E-state index in [4.69, 9.17) is 9.66 Å². The maximum absolute atomic E-state index is 10.3. The molecule has 0 amide bonds. The molecule has 202 valence electrons. The van der Waals surface area contributed by atoms with E-state index in [1.54, 1.807) is 0 Å². The van der Waals surface area contributed by atoms with Gasteiger partial charge in [-0.15, -0.1) is 0 Å². The standard InChI is InChI=1S/C16H34O4S.C10H23NO/c1-2-3-4-5-6-7-8-9-10-11-12-13-14-15-16-20-21(17,18)19;1-3-5-7-11(9-10-12)8-6-4-2/h2-16H2,1H3,(H,17,18,19);12H,3-10H2,1-2H3. The molecular formula is C26H57NO5S. The van der Waals surface area contributed by atoms with Crippen LogP contribution in [0, 0.1) is 0 Å². The molecule has 0 bridgehead atoms. The maximum atomic E-state index is 10.3. The van der Waals surface area contributed by atoms with Crippen LogP contribution in [-0.2, 0) is 14.6 Å². The molecule has 0 aliphatic carbocycles. The summed E-state index contributed by atoms with van der Waals surface area (Å²) in [7, 11) is -4.24. The van der Waals surface area contributed by atoms with Crippen molar-refractivity contribution in [2.75, 3.05) is 32.8 Å². The molecule has 2 N–H and O–H groups in total. The molecule has 0 heterocycles. The van der Waals surface area contributed by atoms with E-state index in [1.807, 2.05) is 0 Å². The summed E-state index contributed by atoms with van der Waals surface area (Å²) in [6.07, 6.45) is 22.6. The van der Waals surface area contributed by atoms with E-state index in [2.05, 4.69) is 29.9 Å². The van der Waals surface area contributed by atoms with Gasteiger partial charge in [0.1, 0.15) is 0 Å². The summed E-state index contributed by atoms with van der Waals surface area (Å²) in [5.41, 5.74) is 0. The van der Waals surface area contributed by atoms with Crippen LogP contribution in [0.5, 0.6) is 0 Å². The third-order valence-electron chi connectivity index (χ3n) is 5.80. The van der Waals surface area contributed by atoms with Crippen molar-refractivity contribution in [3.63, 3.8) is 0 Å². The predicted molar refractivity (Wildman–Crippen MR) is 141 cm³/mol. The summed E-state index contributed by atoms with van der Waals surface area (Å²) in [5.74, 6) is 0. The quantitative estimate of drug-likeness (QED) is 0.109. The minimum atomic E-state index is -4.24. The van der Waals surface area contributed by atoms with Gasteiger partial charge in [0.25, 0.3) is 0 Å². The smallest absolute Gasteiger partial charge is 0.395 e. The van der Waals surface area contributed by atoms with Gasteiger partial charge in [-0.2, -0.15) is 8.42 Å². The zero-order valence-corrected chi connectivity index (χ0v) is 23.1. The summed E-state index contributed by atoms with van der Waals surface area (Å²) in [4.78, 5) is 2.35. The van der Waals surface area contributed by atoms with Gasteiger partial charge >= 0.3 is 10.4 Å². The number of rotatable bonds is 24. The second-order valence-electron chi connectivity index (χ2n) is 9.12. The third-order valence-corrected chi connectivity index (χ3v) is 6.27. The molecular weight excluding hydrogens is 438 g/mol. The molecule has 0 rings (SSSR count). The van der Waals surface area contributed by atoms with Gasteiger partial charge < -0.3 is 10.0 Å². The molecule has 0 aromatic carbocycles. The van der Waals surface area contributed by atoms with Crippen LogP contribution in [0.3, 0.4) is 0 Å². The Morgan fingerprint density at radius 1 is 0.576 bits per heavy atom. The fourth-order valence-electron chi connectivity index (χ4n) is 3.70. The first-order chi connectivity index (χ1) is 15.9. The Bertz CT molecular complexity index is 452. The van der Waals surface area contributed by atoms with Crippen LogP contribution in [0.15, 0.2) is 0 Å². The average Bonchev–Trinajstić information content (AvgIpc) is 2.78. The Morgan fingerprint density at radius 2 is 0.939 bits per heavy atom. The third kappa shape index (κ3) is 34.0. The van der Waals surface area contributed by atoms with Gasteiger partial charge in [0, 0.05) is 6.54 Å². The van der Waals surface area contributed by atoms with Crippen LogP contribution < -0.4 is 0 Å². The van der Waals surface area contributed by atoms with Gasteiger partial charge in [-0.3, -0.25) is 4.55 Å². The molecule has 0 aromatic rings. The molecule has 0 saturated carbocycles. The van der Waals surface area contributed by atoms with E-state index in [9.17, 15) is 8.42 Å². The molecule has 0 fully saturated rings. The molecule has 0 radical (unpaired) electrons. The summed E-state index contributed by atoms with van der Waals surface area (Å²) in [5, 5.41) is 8.79. The number of aliphatic hydroxyl groups excluding tert-OH is 1. The van der Waals surface area contributed by atoms with Gasteiger partial charge in [0.2, 0.25) is 0 Å². The van der Waals surface area contributed by atoms with Crippen LogP contribution in [0.1, 0.15) is 136 Å². The zero-order chi connectivity index (χ0) is 25.0. The Morgan fingerprint density at radius 3 is 1.27 bits per heavy atom. The largest absolute Gasteiger partial charge is 0.397 e. The molecule has 0 atom stereocenters.